The molecule has 1 atom stereocenters. The van der Waals surface area contributed by atoms with Crippen LogP contribution < -0.4 is 11.1 Å². The molecule has 0 spiro atoms. The highest BCUT2D eigenvalue weighted by Gasteiger charge is 2.21. The predicted octanol–water partition coefficient (Wildman–Crippen LogP) is 0.102. The summed E-state index contributed by atoms with van der Waals surface area (Å²) in [5.41, 5.74) is 5.68. The quantitative estimate of drug-likeness (QED) is 0.653. The van der Waals surface area contributed by atoms with E-state index < -0.39 is 24.0 Å². The highest BCUT2D eigenvalue weighted by atomic mass is 16.5. The standard InChI is InChI=1S/C11H16N4O4/c1-3-4-7-5-8(15-14-7)10(17)19-6(2)9(16)13-11(12)18/h5-6H,3-4H2,1-2H3,(H,14,15)(H3,12,13,16,18). The summed E-state index contributed by atoms with van der Waals surface area (Å²) in [6.07, 6.45) is 0.540. The first-order valence-electron chi connectivity index (χ1n) is 5.79. The Morgan fingerprint density at radius 1 is 1.53 bits per heavy atom. The molecule has 0 aromatic carbocycles. The fourth-order valence-electron chi connectivity index (χ4n) is 1.36. The van der Waals surface area contributed by atoms with Crippen LogP contribution in [-0.4, -0.2) is 34.2 Å². The first kappa shape index (κ1) is 14.7. The molecule has 0 aliphatic rings. The smallest absolute Gasteiger partial charge is 0.359 e. The van der Waals surface area contributed by atoms with E-state index in [4.69, 9.17) is 10.5 Å². The number of imide groups is 1. The van der Waals surface area contributed by atoms with Gasteiger partial charge in [0.25, 0.3) is 5.91 Å². The Morgan fingerprint density at radius 2 is 2.21 bits per heavy atom. The largest absolute Gasteiger partial charge is 0.448 e. The van der Waals surface area contributed by atoms with Crippen molar-refractivity contribution in [3.8, 4) is 0 Å². The minimum absolute atomic E-state index is 0.0853. The van der Waals surface area contributed by atoms with E-state index >= 15 is 0 Å². The van der Waals surface area contributed by atoms with Crippen molar-refractivity contribution in [2.45, 2.75) is 32.8 Å². The normalized spacial score (nSPS) is 11.7. The Balaban J connectivity index is 2.58. The summed E-state index contributed by atoms with van der Waals surface area (Å²) in [5, 5.41) is 8.30. The van der Waals surface area contributed by atoms with E-state index in [1.165, 1.54) is 6.92 Å². The summed E-state index contributed by atoms with van der Waals surface area (Å²) in [4.78, 5) is 33.5. The van der Waals surface area contributed by atoms with Crippen LogP contribution >= 0.6 is 0 Å². The number of nitrogens with zero attached hydrogens (tertiary/aromatic N) is 1. The summed E-state index contributed by atoms with van der Waals surface area (Å²) in [6, 6.07) is 0.558. The van der Waals surface area contributed by atoms with Gasteiger partial charge >= 0.3 is 12.0 Å². The molecular formula is C11H16N4O4. The summed E-state index contributed by atoms with van der Waals surface area (Å²) in [6.45, 7) is 3.32. The molecule has 1 heterocycles. The number of rotatable bonds is 5. The van der Waals surface area contributed by atoms with E-state index in [0.717, 1.165) is 18.5 Å². The first-order chi connectivity index (χ1) is 8.93. The molecule has 0 saturated carbocycles. The van der Waals surface area contributed by atoms with Crippen LogP contribution in [0.1, 0.15) is 36.5 Å². The number of hydrogen-bond donors (Lipinski definition) is 3. The van der Waals surface area contributed by atoms with Crippen molar-refractivity contribution in [3.05, 3.63) is 17.5 Å². The Hall–Kier alpha value is -2.38. The SMILES string of the molecule is CCCc1cc(C(=O)OC(C)C(=O)NC(N)=O)n[nH]1. The van der Waals surface area contributed by atoms with Gasteiger partial charge in [-0.25, -0.2) is 9.59 Å². The van der Waals surface area contributed by atoms with Crippen LogP contribution in [0.25, 0.3) is 0 Å². The number of hydrogen-bond acceptors (Lipinski definition) is 5. The zero-order chi connectivity index (χ0) is 14.4. The van der Waals surface area contributed by atoms with E-state index in [-0.39, 0.29) is 5.69 Å². The molecule has 4 N–H and O–H groups in total. The lowest BCUT2D eigenvalue weighted by Crippen LogP contribution is -2.42. The summed E-state index contributed by atoms with van der Waals surface area (Å²) >= 11 is 0. The summed E-state index contributed by atoms with van der Waals surface area (Å²) in [7, 11) is 0. The average molecular weight is 268 g/mol. The van der Waals surface area contributed by atoms with Gasteiger partial charge in [-0.3, -0.25) is 15.2 Å². The molecule has 0 bridgehead atoms. The van der Waals surface area contributed by atoms with Gasteiger partial charge in [-0.15, -0.1) is 0 Å². The van der Waals surface area contributed by atoms with Gasteiger partial charge in [-0.2, -0.15) is 5.10 Å². The van der Waals surface area contributed by atoms with Gasteiger partial charge in [0, 0.05) is 5.69 Å². The number of nitrogens with two attached hydrogens (primary N) is 1. The van der Waals surface area contributed by atoms with Gasteiger partial charge in [0.1, 0.15) is 0 Å². The number of aryl methyl sites for hydroxylation is 1. The van der Waals surface area contributed by atoms with Crippen LogP contribution in [0.2, 0.25) is 0 Å². The third kappa shape index (κ3) is 4.41. The molecular weight excluding hydrogens is 252 g/mol. The Kier molecular flexibility index (Phi) is 5.04. The number of carbonyl (C=O) groups excluding carboxylic acids is 3. The lowest BCUT2D eigenvalue weighted by atomic mass is 10.2. The van der Waals surface area contributed by atoms with Crippen molar-refractivity contribution in [3.63, 3.8) is 0 Å². The van der Waals surface area contributed by atoms with E-state index in [9.17, 15) is 14.4 Å². The topological polar surface area (TPSA) is 127 Å². The maximum atomic E-state index is 11.7. The second-order valence-corrected chi connectivity index (χ2v) is 3.93. The average Bonchev–Trinajstić information content (AvgIpc) is 2.77. The van der Waals surface area contributed by atoms with Crippen LogP contribution in [-0.2, 0) is 16.0 Å². The molecule has 1 aromatic heterocycles. The fourth-order valence-corrected chi connectivity index (χ4v) is 1.36. The van der Waals surface area contributed by atoms with E-state index in [0.29, 0.717) is 0 Å². The highest BCUT2D eigenvalue weighted by molar-refractivity contribution is 5.97. The summed E-state index contributed by atoms with van der Waals surface area (Å²) in [5.74, 6) is -1.53. The van der Waals surface area contributed by atoms with E-state index in [1.807, 2.05) is 12.2 Å². The van der Waals surface area contributed by atoms with Gasteiger partial charge < -0.3 is 10.5 Å². The summed E-state index contributed by atoms with van der Waals surface area (Å²) < 4.78 is 4.85. The molecule has 0 aliphatic heterocycles. The highest BCUT2D eigenvalue weighted by Crippen LogP contribution is 2.05. The molecule has 104 valence electrons. The Morgan fingerprint density at radius 3 is 2.79 bits per heavy atom. The molecule has 0 fully saturated rings. The van der Waals surface area contributed by atoms with Gasteiger partial charge in [0.2, 0.25) is 0 Å². The van der Waals surface area contributed by atoms with Crippen molar-refractivity contribution in [2.24, 2.45) is 5.73 Å². The second-order valence-electron chi connectivity index (χ2n) is 3.93. The number of urea groups is 1. The van der Waals surface area contributed by atoms with Gasteiger partial charge in [0.15, 0.2) is 11.8 Å². The number of aromatic amines is 1. The lowest BCUT2D eigenvalue weighted by molar-refractivity contribution is -0.127. The number of amides is 3. The molecule has 0 radical (unpaired) electrons. The number of H-pyrrole nitrogens is 1. The zero-order valence-electron chi connectivity index (χ0n) is 10.7. The molecule has 1 rings (SSSR count). The Labute approximate surface area is 109 Å². The molecule has 0 saturated heterocycles. The van der Waals surface area contributed by atoms with Crippen LogP contribution in [0.5, 0.6) is 0 Å². The maximum absolute atomic E-state index is 11.7. The monoisotopic (exact) mass is 268 g/mol. The number of primary amides is 1. The van der Waals surface area contributed by atoms with E-state index in [1.54, 1.807) is 6.07 Å². The van der Waals surface area contributed by atoms with E-state index in [2.05, 4.69) is 10.2 Å². The molecule has 19 heavy (non-hydrogen) atoms. The maximum Gasteiger partial charge on any atom is 0.359 e. The van der Waals surface area contributed by atoms with Crippen LogP contribution in [0, 0.1) is 0 Å². The number of carbonyl (C=O) groups is 3. The zero-order valence-corrected chi connectivity index (χ0v) is 10.7. The number of ether oxygens (including phenoxy) is 1. The van der Waals surface area contributed by atoms with Crippen LogP contribution in [0.3, 0.4) is 0 Å². The minimum atomic E-state index is -1.13. The van der Waals surface area contributed by atoms with Crippen molar-refractivity contribution in [1.29, 1.82) is 0 Å². The molecule has 0 aliphatic carbocycles. The van der Waals surface area contributed by atoms with Crippen LogP contribution in [0.15, 0.2) is 6.07 Å². The molecule has 8 nitrogen and oxygen atoms in total. The van der Waals surface area contributed by atoms with Gasteiger partial charge in [-0.1, -0.05) is 13.3 Å². The lowest BCUT2D eigenvalue weighted by Gasteiger charge is -2.10. The third-order valence-corrected chi connectivity index (χ3v) is 2.26. The van der Waals surface area contributed by atoms with Gasteiger partial charge in [-0.05, 0) is 19.4 Å². The number of aromatic nitrogens is 2. The fraction of sp³-hybridized carbons (Fsp3) is 0.455. The number of nitrogens with one attached hydrogen (secondary N) is 2. The Bertz CT molecular complexity index is 483. The van der Waals surface area contributed by atoms with Gasteiger partial charge in [0.05, 0.1) is 0 Å². The molecule has 1 unspecified atom stereocenters. The third-order valence-electron chi connectivity index (χ3n) is 2.26. The van der Waals surface area contributed by atoms with Crippen molar-refractivity contribution in [1.82, 2.24) is 15.5 Å². The second kappa shape index (κ2) is 6.53. The van der Waals surface area contributed by atoms with Crippen molar-refractivity contribution >= 4 is 17.9 Å². The first-order valence-corrected chi connectivity index (χ1v) is 5.79. The van der Waals surface area contributed by atoms with Crippen molar-refractivity contribution < 1.29 is 19.1 Å². The predicted molar refractivity (Wildman–Crippen MR) is 65.2 cm³/mol. The molecule has 1 aromatic rings. The molecule has 3 amide bonds. The minimum Gasteiger partial charge on any atom is -0.448 e. The molecule has 8 heteroatoms. The number of esters is 1. The van der Waals surface area contributed by atoms with Crippen molar-refractivity contribution in [2.75, 3.05) is 0 Å². The van der Waals surface area contributed by atoms with Crippen LogP contribution in [0.4, 0.5) is 4.79 Å².